The highest BCUT2D eigenvalue weighted by Gasteiger charge is 2.16. The lowest BCUT2D eigenvalue weighted by atomic mass is 10.2. The first-order valence-corrected chi connectivity index (χ1v) is 8.35. The van der Waals surface area contributed by atoms with Crippen LogP contribution in [0.2, 0.25) is 5.02 Å². The van der Waals surface area contributed by atoms with Gasteiger partial charge in [0.05, 0.1) is 15.6 Å². The molecular weight excluding hydrogens is 364 g/mol. The second-order valence-electron chi connectivity index (χ2n) is 4.04. The molecule has 2 aromatic carbocycles. The second-order valence-corrected chi connectivity index (χ2v) is 6.99. The Bertz CT molecular complexity index is 735. The number of nitrogens with two attached hydrogens (primary N) is 1. The van der Waals surface area contributed by atoms with Crippen LogP contribution in [-0.2, 0) is 16.6 Å². The van der Waals surface area contributed by atoms with Crippen LogP contribution in [0.1, 0.15) is 5.56 Å². The predicted octanol–water partition coefficient (Wildman–Crippen LogP) is 3.36. The van der Waals surface area contributed by atoms with Crippen molar-refractivity contribution in [2.45, 2.75) is 11.4 Å². The summed E-state index contributed by atoms with van der Waals surface area (Å²) in [6.45, 7) is 0.253. The van der Waals surface area contributed by atoms with E-state index in [0.29, 0.717) is 15.2 Å². The van der Waals surface area contributed by atoms with Gasteiger partial charge in [-0.15, -0.1) is 0 Å². The molecule has 0 aromatic heterocycles. The molecule has 0 spiro atoms. The van der Waals surface area contributed by atoms with Crippen LogP contribution >= 0.6 is 27.5 Å². The maximum absolute atomic E-state index is 12.3. The molecule has 0 unspecified atom stereocenters. The van der Waals surface area contributed by atoms with Gasteiger partial charge in [0.25, 0.3) is 10.0 Å². The smallest absolute Gasteiger partial charge is 0.261 e. The van der Waals surface area contributed by atoms with Crippen molar-refractivity contribution < 1.29 is 8.42 Å². The van der Waals surface area contributed by atoms with Gasteiger partial charge in [0.15, 0.2) is 0 Å². The lowest BCUT2D eigenvalue weighted by Crippen LogP contribution is -2.15. The van der Waals surface area contributed by atoms with Gasteiger partial charge in [-0.2, -0.15) is 0 Å². The number of hydrogen-bond acceptors (Lipinski definition) is 3. The van der Waals surface area contributed by atoms with Crippen molar-refractivity contribution in [3.05, 3.63) is 57.5 Å². The first kappa shape index (κ1) is 15.3. The normalized spacial score (nSPS) is 11.3. The molecule has 0 heterocycles. The average Bonchev–Trinajstić information content (AvgIpc) is 2.42. The minimum atomic E-state index is -3.68. The third-order valence-electron chi connectivity index (χ3n) is 2.68. The van der Waals surface area contributed by atoms with Gasteiger partial charge in [0, 0.05) is 11.0 Å². The van der Waals surface area contributed by atoms with E-state index in [4.69, 9.17) is 17.3 Å². The van der Waals surface area contributed by atoms with Gasteiger partial charge in [-0.25, -0.2) is 8.42 Å². The first-order chi connectivity index (χ1) is 9.44. The number of anilines is 1. The van der Waals surface area contributed by atoms with Crippen LogP contribution in [0.4, 0.5) is 5.69 Å². The van der Waals surface area contributed by atoms with Crippen LogP contribution in [0.15, 0.2) is 51.8 Å². The molecule has 0 saturated carbocycles. The van der Waals surface area contributed by atoms with E-state index < -0.39 is 10.0 Å². The quantitative estimate of drug-likeness (QED) is 0.860. The monoisotopic (exact) mass is 374 g/mol. The Balaban J connectivity index is 2.38. The number of rotatable bonds is 4. The maximum Gasteiger partial charge on any atom is 0.261 e. The number of benzene rings is 2. The van der Waals surface area contributed by atoms with E-state index in [2.05, 4.69) is 20.7 Å². The molecule has 3 N–H and O–H groups in total. The van der Waals surface area contributed by atoms with Gasteiger partial charge < -0.3 is 5.73 Å². The van der Waals surface area contributed by atoms with E-state index in [-0.39, 0.29) is 11.4 Å². The van der Waals surface area contributed by atoms with Crippen molar-refractivity contribution in [3.63, 3.8) is 0 Å². The summed E-state index contributed by atoms with van der Waals surface area (Å²) in [6, 6.07) is 11.4. The predicted molar refractivity (Wildman–Crippen MR) is 84.3 cm³/mol. The van der Waals surface area contributed by atoms with Crippen molar-refractivity contribution in [2.75, 3.05) is 4.72 Å². The third kappa shape index (κ3) is 3.32. The lowest BCUT2D eigenvalue weighted by molar-refractivity contribution is 0.601. The minimum Gasteiger partial charge on any atom is -0.326 e. The summed E-state index contributed by atoms with van der Waals surface area (Å²) in [4.78, 5) is 0.126. The average molecular weight is 376 g/mol. The summed E-state index contributed by atoms with van der Waals surface area (Å²) >= 11 is 9.07. The number of sulfonamides is 1. The molecule has 0 aliphatic rings. The molecule has 0 atom stereocenters. The fraction of sp³-hybridized carbons (Fsp3) is 0.0769. The summed E-state index contributed by atoms with van der Waals surface area (Å²) in [5.41, 5.74) is 6.79. The van der Waals surface area contributed by atoms with Gasteiger partial charge in [-0.05, 0) is 45.8 Å². The van der Waals surface area contributed by atoms with Crippen LogP contribution in [0.25, 0.3) is 0 Å². The Morgan fingerprint density at radius 3 is 2.55 bits per heavy atom. The second kappa shape index (κ2) is 6.13. The van der Waals surface area contributed by atoms with Crippen molar-refractivity contribution in [2.24, 2.45) is 5.73 Å². The van der Waals surface area contributed by atoms with Crippen molar-refractivity contribution >= 4 is 43.2 Å². The molecule has 0 aliphatic carbocycles. The fourth-order valence-corrected chi connectivity index (χ4v) is 3.42. The molecule has 0 bridgehead atoms. The van der Waals surface area contributed by atoms with Gasteiger partial charge in [-0.3, -0.25) is 4.72 Å². The highest BCUT2D eigenvalue weighted by molar-refractivity contribution is 9.10. The lowest BCUT2D eigenvalue weighted by Gasteiger charge is -2.12. The summed E-state index contributed by atoms with van der Waals surface area (Å²) < 4.78 is 27.7. The Kier molecular flexibility index (Phi) is 4.70. The molecule has 20 heavy (non-hydrogen) atoms. The first-order valence-electron chi connectivity index (χ1n) is 5.70. The Labute approximate surface area is 131 Å². The van der Waals surface area contributed by atoms with E-state index in [0.717, 1.165) is 5.56 Å². The third-order valence-corrected chi connectivity index (χ3v) is 5.26. The molecule has 2 rings (SSSR count). The summed E-state index contributed by atoms with van der Waals surface area (Å²) in [6.07, 6.45) is 0. The van der Waals surface area contributed by atoms with Crippen molar-refractivity contribution in [1.82, 2.24) is 0 Å². The SMILES string of the molecule is NCc1ccccc1NS(=O)(=O)c1ccc(Cl)c(Br)c1. The topological polar surface area (TPSA) is 72.2 Å². The maximum atomic E-state index is 12.3. The molecule has 106 valence electrons. The minimum absolute atomic E-state index is 0.126. The van der Waals surface area contributed by atoms with Gasteiger partial charge >= 0.3 is 0 Å². The number of nitrogens with one attached hydrogen (secondary N) is 1. The van der Waals surface area contributed by atoms with E-state index >= 15 is 0 Å². The highest BCUT2D eigenvalue weighted by Crippen LogP contribution is 2.27. The van der Waals surface area contributed by atoms with Gasteiger partial charge in [0.2, 0.25) is 0 Å². The molecule has 7 heteroatoms. The van der Waals surface area contributed by atoms with E-state index in [1.54, 1.807) is 24.3 Å². The van der Waals surface area contributed by atoms with Crippen LogP contribution in [0.3, 0.4) is 0 Å². The van der Waals surface area contributed by atoms with Crippen LogP contribution in [0.5, 0.6) is 0 Å². The zero-order chi connectivity index (χ0) is 14.8. The van der Waals surface area contributed by atoms with Crippen LogP contribution in [0, 0.1) is 0 Å². The molecular formula is C13H12BrClN2O2S. The van der Waals surface area contributed by atoms with Crippen molar-refractivity contribution in [1.29, 1.82) is 0 Å². The molecule has 0 aliphatic heterocycles. The van der Waals surface area contributed by atoms with Crippen LogP contribution < -0.4 is 10.5 Å². The Hall–Kier alpha value is -1.08. The molecule has 2 aromatic rings. The summed E-state index contributed by atoms with van der Waals surface area (Å²) in [5, 5.41) is 0.450. The summed E-state index contributed by atoms with van der Waals surface area (Å²) in [5.74, 6) is 0. The molecule has 4 nitrogen and oxygen atoms in total. The zero-order valence-corrected chi connectivity index (χ0v) is 13.5. The number of halogens is 2. The van der Waals surface area contributed by atoms with Gasteiger partial charge in [0.1, 0.15) is 0 Å². The van der Waals surface area contributed by atoms with Crippen molar-refractivity contribution in [3.8, 4) is 0 Å². The Morgan fingerprint density at radius 1 is 1.20 bits per heavy atom. The number of hydrogen-bond donors (Lipinski definition) is 2. The van der Waals surface area contributed by atoms with Gasteiger partial charge in [-0.1, -0.05) is 29.8 Å². The van der Waals surface area contributed by atoms with E-state index in [9.17, 15) is 8.42 Å². The van der Waals surface area contributed by atoms with E-state index in [1.807, 2.05) is 0 Å². The largest absolute Gasteiger partial charge is 0.326 e. The standard InChI is InChI=1S/C13H12BrClN2O2S/c14-11-7-10(5-6-12(11)15)20(18,19)17-13-4-2-1-3-9(13)8-16/h1-7,17H,8,16H2. The fourth-order valence-electron chi connectivity index (χ4n) is 1.65. The molecule has 0 amide bonds. The Morgan fingerprint density at radius 2 is 1.90 bits per heavy atom. The van der Waals surface area contributed by atoms with Crippen LogP contribution in [-0.4, -0.2) is 8.42 Å². The summed E-state index contributed by atoms with van der Waals surface area (Å²) in [7, 11) is -3.68. The molecule has 0 fully saturated rings. The molecule has 0 saturated heterocycles. The highest BCUT2D eigenvalue weighted by atomic mass is 79.9. The molecule has 0 radical (unpaired) electrons. The number of para-hydroxylation sites is 1. The zero-order valence-electron chi connectivity index (χ0n) is 10.3. The van der Waals surface area contributed by atoms with E-state index in [1.165, 1.54) is 18.2 Å².